The van der Waals surface area contributed by atoms with E-state index in [1.807, 2.05) is 25.2 Å². The fourth-order valence-electron chi connectivity index (χ4n) is 2.09. The van der Waals surface area contributed by atoms with Gasteiger partial charge in [0.05, 0.1) is 5.69 Å². The largest absolute Gasteiger partial charge is 0.369 e. The number of nitrogens with zero attached hydrogens (tertiary/aromatic N) is 1. The van der Waals surface area contributed by atoms with Crippen LogP contribution in [0, 0.1) is 6.92 Å². The van der Waals surface area contributed by atoms with E-state index in [-0.39, 0.29) is 5.78 Å². The second kappa shape index (κ2) is 6.23. The van der Waals surface area contributed by atoms with Crippen molar-refractivity contribution in [1.29, 1.82) is 0 Å². The molecule has 0 saturated carbocycles. The smallest absolute Gasteiger partial charge is 0.159 e. The van der Waals surface area contributed by atoms with Crippen LogP contribution in [0.2, 0.25) is 0 Å². The highest BCUT2D eigenvalue weighted by Crippen LogP contribution is 2.27. The number of rotatable bonds is 4. The quantitative estimate of drug-likeness (QED) is 0.763. The molecule has 0 aromatic heterocycles. The van der Waals surface area contributed by atoms with Crippen molar-refractivity contribution in [3.05, 3.63) is 63.6 Å². The average Bonchev–Trinajstić information content (AvgIpc) is 2.41. The van der Waals surface area contributed by atoms with Gasteiger partial charge >= 0.3 is 0 Å². The summed E-state index contributed by atoms with van der Waals surface area (Å²) in [5.41, 5.74) is 4.34. The molecule has 0 unspecified atom stereocenters. The van der Waals surface area contributed by atoms with E-state index in [1.165, 1.54) is 11.1 Å². The monoisotopic (exact) mass is 331 g/mol. The summed E-state index contributed by atoms with van der Waals surface area (Å²) in [6.45, 7) is 4.50. The second-order valence-corrected chi connectivity index (χ2v) is 5.92. The highest BCUT2D eigenvalue weighted by molar-refractivity contribution is 9.10. The van der Waals surface area contributed by atoms with E-state index in [0.29, 0.717) is 0 Å². The Bertz CT molecular complexity index is 619. The molecule has 0 fully saturated rings. The first-order valence-corrected chi connectivity index (χ1v) is 7.34. The third-order valence-electron chi connectivity index (χ3n) is 3.31. The number of hydrogen-bond acceptors (Lipinski definition) is 2. The molecule has 0 aliphatic heterocycles. The molecule has 2 nitrogen and oxygen atoms in total. The van der Waals surface area contributed by atoms with Crippen LogP contribution in [0.5, 0.6) is 0 Å². The molecule has 0 spiro atoms. The number of benzene rings is 2. The molecule has 0 atom stereocenters. The Hall–Kier alpha value is -1.61. The zero-order valence-electron chi connectivity index (χ0n) is 12.0. The number of anilines is 1. The minimum Gasteiger partial charge on any atom is -0.369 e. The van der Waals surface area contributed by atoms with E-state index < -0.39 is 0 Å². The number of hydrogen-bond donors (Lipinski definition) is 0. The van der Waals surface area contributed by atoms with Gasteiger partial charge in [-0.1, -0.05) is 29.8 Å². The molecule has 0 heterocycles. The van der Waals surface area contributed by atoms with E-state index in [0.717, 1.165) is 22.3 Å². The summed E-state index contributed by atoms with van der Waals surface area (Å²) in [7, 11) is 2.05. The normalized spacial score (nSPS) is 10.4. The van der Waals surface area contributed by atoms with Crippen molar-refractivity contribution in [1.82, 2.24) is 0 Å². The molecule has 0 amide bonds. The van der Waals surface area contributed by atoms with Gasteiger partial charge in [-0.15, -0.1) is 0 Å². The summed E-state index contributed by atoms with van der Waals surface area (Å²) in [5, 5.41) is 0. The summed E-state index contributed by atoms with van der Waals surface area (Å²) < 4.78 is 0.944. The summed E-state index contributed by atoms with van der Waals surface area (Å²) in [6, 6.07) is 14.3. The Morgan fingerprint density at radius 2 is 1.80 bits per heavy atom. The molecule has 2 aromatic carbocycles. The molecule has 20 heavy (non-hydrogen) atoms. The van der Waals surface area contributed by atoms with Crippen molar-refractivity contribution in [3.63, 3.8) is 0 Å². The number of halogens is 1. The maximum absolute atomic E-state index is 11.4. The Labute approximate surface area is 128 Å². The van der Waals surface area contributed by atoms with Crippen molar-refractivity contribution >= 4 is 27.4 Å². The van der Waals surface area contributed by atoms with Crippen molar-refractivity contribution in [2.45, 2.75) is 20.4 Å². The molecular formula is C17H18BrNO. The van der Waals surface area contributed by atoms with Crippen LogP contribution >= 0.6 is 15.9 Å². The fraction of sp³-hybridized carbons (Fsp3) is 0.235. The SMILES string of the molecule is CC(=O)c1ccc(N(C)Cc2ccc(C)cc2)c(Br)c1. The van der Waals surface area contributed by atoms with Gasteiger partial charge in [-0.25, -0.2) is 0 Å². The van der Waals surface area contributed by atoms with Crippen LogP contribution in [0.1, 0.15) is 28.4 Å². The lowest BCUT2D eigenvalue weighted by molar-refractivity contribution is 0.101. The van der Waals surface area contributed by atoms with Crippen LogP contribution in [0.4, 0.5) is 5.69 Å². The third kappa shape index (κ3) is 3.48. The summed E-state index contributed by atoms with van der Waals surface area (Å²) in [6.07, 6.45) is 0. The highest BCUT2D eigenvalue weighted by Gasteiger charge is 2.09. The number of carbonyl (C=O) groups is 1. The van der Waals surface area contributed by atoms with Gasteiger partial charge in [-0.05, 0) is 53.5 Å². The van der Waals surface area contributed by atoms with E-state index >= 15 is 0 Å². The number of ketones is 1. The molecule has 0 bridgehead atoms. The predicted octanol–water partition coefficient (Wildman–Crippen LogP) is 4.60. The maximum Gasteiger partial charge on any atom is 0.159 e. The first-order chi connectivity index (χ1) is 9.47. The van der Waals surface area contributed by atoms with Crippen LogP contribution in [-0.2, 0) is 6.54 Å². The molecule has 0 radical (unpaired) electrons. The zero-order chi connectivity index (χ0) is 14.7. The Balaban J connectivity index is 2.18. The Morgan fingerprint density at radius 1 is 1.15 bits per heavy atom. The maximum atomic E-state index is 11.4. The Kier molecular flexibility index (Phi) is 4.61. The lowest BCUT2D eigenvalue weighted by atomic mass is 10.1. The average molecular weight is 332 g/mol. The topological polar surface area (TPSA) is 20.3 Å². The molecule has 0 N–H and O–H groups in total. The van der Waals surface area contributed by atoms with Crippen molar-refractivity contribution in [2.24, 2.45) is 0 Å². The van der Waals surface area contributed by atoms with Gasteiger partial charge in [0.2, 0.25) is 0 Å². The van der Waals surface area contributed by atoms with Crippen molar-refractivity contribution < 1.29 is 4.79 Å². The van der Waals surface area contributed by atoms with Gasteiger partial charge in [-0.3, -0.25) is 4.79 Å². The van der Waals surface area contributed by atoms with Gasteiger partial charge in [0.15, 0.2) is 5.78 Å². The lowest BCUT2D eigenvalue weighted by Crippen LogP contribution is -2.17. The van der Waals surface area contributed by atoms with E-state index in [1.54, 1.807) is 6.92 Å². The van der Waals surface area contributed by atoms with Gasteiger partial charge in [0, 0.05) is 23.6 Å². The first-order valence-electron chi connectivity index (χ1n) is 6.54. The van der Waals surface area contributed by atoms with E-state index in [9.17, 15) is 4.79 Å². The lowest BCUT2D eigenvalue weighted by Gasteiger charge is -2.21. The summed E-state index contributed by atoms with van der Waals surface area (Å²) in [4.78, 5) is 13.5. The van der Waals surface area contributed by atoms with Crippen LogP contribution in [0.25, 0.3) is 0 Å². The van der Waals surface area contributed by atoms with Crippen LogP contribution in [-0.4, -0.2) is 12.8 Å². The van der Waals surface area contributed by atoms with Crippen LogP contribution in [0.3, 0.4) is 0 Å². The van der Waals surface area contributed by atoms with E-state index in [2.05, 4.69) is 52.0 Å². The first kappa shape index (κ1) is 14.8. The molecule has 2 aromatic rings. The molecular weight excluding hydrogens is 314 g/mol. The van der Waals surface area contributed by atoms with E-state index in [4.69, 9.17) is 0 Å². The molecule has 0 saturated heterocycles. The fourth-order valence-corrected chi connectivity index (χ4v) is 2.77. The van der Waals surface area contributed by atoms with Gasteiger partial charge in [0.25, 0.3) is 0 Å². The van der Waals surface area contributed by atoms with Crippen molar-refractivity contribution in [3.8, 4) is 0 Å². The predicted molar refractivity (Wildman–Crippen MR) is 87.4 cm³/mol. The van der Waals surface area contributed by atoms with Gasteiger partial charge < -0.3 is 4.90 Å². The minimum atomic E-state index is 0.0819. The van der Waals surface area contributed by atoms with Crippen LogP contribution < -0.4 is 4.90 Å². The summed E-state index contributed by atoms with van der Waals surface area (Å²) >= 11 is 3.55. The summed E-state index contributed by atoms with van der Waals surface area (Å²) in [5.74, 6) is 0.0819. The molecule has 104 valence electrons. The molecule has 3 heteroatoms. The highest BCUT2D eigenvalue weighted by atomic mass is 79.9. The van der Waals surface area contributed by atoms with Gasteiger partial charge in [0.1, 0.15) is 0 Å². The minimum absolute atomic E-state index is 0.0819. The number of carbonyl (C=O) groups excluding carboxylic acids is 1. The van der Waals surface area contributed by atoms with Crippen molar-refractivity contribution in [2.75, 3.05) is 11.9 Å². The zero-order valence-corrected chi connectivity index (χ0v) is 13.6. The Morgan fingerprint density at radius 3 is 2.35 bits per heavy atom. The van der Waals surface area contributed by atoms with Crippen LogP contribution in [0.15, 0.2) is 46.9 Å². The standard InChI is InChI=1S/C17H18BrNO/c1-12-4-6-14(7-5-12)11-19(3)17-9-8-15(13(2)20)10-16(17)18/h4-10H,11H2,1-3H3. The molecule has 2 rings (SSSR count). The van der Waals surface area contributed by atoms with Gasteiger partial charge in [-0.2, -0.15) is 0 Å². The molecule has 0 aliphatic rings. The molecule has 0 aliphatic carbocycles. The second-order valence-electron chi connectivity index (χ2n) is 5.06. The number of aryl methyl sites for hydroxylation is 1. The third-order valence-corrected chi connectivity index (χ3v) is 3.94. The number of Topliss-reactive ketones (excluding diaryl/α,β-unsaturated/α-hetero) is 1.